The van der Waals surface area contributed by atoms with Crippen LogP contribution in [0.5, 0.6) is 0 Å². The summed E-state index contributed by atoms with van der Waals surface area (Å²) in [4.78, 5) is 19.6. The number of aromatic nitrogens is 1. The molecule has 0 aliphatic carbocycles. The Morgan fingerprint density at radius 1 is 1.67 bits per heavy atom. The van der Waals surface area contributed by atoms with Crippen molar-refractivity contribution in [1.29, 1.82) is 0 Å². The number of hydrogen-bond acceptors (Lipinski definition) is 4. The molecule has 0 spiro atoms. The van der Waals surface area contributed by atoms with Gasteiger partial charge < -0.3 is 14.9 Å². The molecule has 1 saturated heterocycles. The van der Waals surface area contributed by atoms with Gasteiger partial charge in [-0.2, -0.15) is 0 Å². The highest BCUT2D eigenvalue weighted by molar-refractivity contribution is 6.30. The maximum absolute atomic E-state index is 12.0. The van der Waals surface area contributed by atoms with Gasteiger partial charge in [-0.3, -0.25) is 4.79 Å². The molecular weight excluding hydrogens is 254 g/mol. The number of anilines is 1. The summed E-state index contributed by atoms with van der Waals surface area (Å²) in [5.41, 5.74) is 0. The Bertz CT molecular complexity index is 424. The minimum Gasteiger partial charge on any atom is -0.391 e. The second-order valence-corrected chi connectivity index (χ2v) is 4.91. The van der Waals surface area contributed by atoms with Gasteiger partial charge in [-0.25, -0.2) is 4.98 Å². The number of halogens is 1. The van der Waals surface area contributed by atoms with E-state index >= 15 is 0 Å². The van der Waals surface area contributed by atoms with Crippen LogP contribution in [-0.4, -0.2) is 53.7 Å². The lowest BCUT2D eigenvalue weighted by molar-refractivity contribution is -0.129. The van der Waals surface area contributed by atoms with E-state index in [1.165, 1.54) is 0 Å². The molecule has 1 aromatic heterocycles. The van der Waals surface area contributed by atoms with E-state index in [0.29, 0.717) is 30.4 Å². The number of hydrogen-bond donors (Lipinski definition) is 1. The standard InChI is InChI=1S/C12H16ClN3O2/c1-15(11-3-2-9(13)6-14-11)8-12(18)16-5-4-10(17)7-16/h2-3,6,10,17H,4-5,7-8H2,1H3/t10-/m1/s1. The third-order valence-corrected chi connectivity index (χ3v) is 3.21. The van der Waals surface area contributed by atoms with Crippen LogP contribution < -0.4 is 4.90 Å². The summed E-state index contributed by atoms with van der Waals surface area (Å²) in [7, 11) is 1.81. The van der Waals surface area contributed by atoms with E-state index in [-0.39, 0.29) is 18.6 Å². The van der Waals surface area contributed by atoms with Gasteiger partial charge in [0.15, 0.2) is 0 Å². The minimum absolute atomic E-state index is 0.00537. The van der Waals surface area contributed by atoms with E-state index in [1.54, 1.807) is 35.2 Å². The fraction of sp³-hybridized carbons (Fsp3) is 0.500. The van der Waals surface area contributed by atoms with Crippen molar-refractivity contribution in [2.45, 2.75) is 12.5 Å². The van der Waals surface area contributed by atoms with Crippen molar-refractivity contribution < 1.29 is 9.90 Å². The molecule has 6 heteroatoms. The van der Waals surface area contributed by atoms with Crippen molar-refractivity contribution >= 4 is 23.3 Å². The Kier molecular flexibility index (Phi) is 4.04. The van der Waals surface area contributed by atoms with Crippen LogP contribution in [0.3, 0.4) is 0 Å². The summed E-state index contributed by atoms with van der Waals surface area (Å²) in [5.74, 6) is 0.707. The largest absolute Gasteiger partial charge is 0.391 e. The first kappa shape index (κ1) is 13.1. The second kappa shape index (κ2) is 5.54. The first-order valence-corrected chi connectivity index (χ1v) is 6.22. The predicted molar refractivity (Wildman–Crippen MR) is 69.7 cm³/mol. The predicted octanol–water partition coefficient (Wildman–Crippen LogP) is 0.764. The molecule has 5 nitrogen and oxygen atoms in total. The van der Waals surface area contributed by atoms with Crippen LogP contribution >= 0.6 is 11.6 Å². The number of aliphatic hydroxyl groups excluding tert-OH is 1. The van der Waals surface area contributed by atoms with E-state index in [0.717, 1.165) is 0 Å². The Labute approximate surface area is 111 Å². The van der Waals surface area contributed by atoms with E-state index in [4.69, 9.17) is 11.6 Å². The number of amides is 1. The fourth-order valence-electron chi connectivity index (χ4n) is 1.95. The third kappa shape index (κ3) is 3.11. The summed E-state index contributed by atoms with van der Waals surface area (Å²) in [5, 5.41) is 9.97. The highest BCUT2D eigenvalue weighted by atomic mass is 35.5. The molecule has 0 aromatic carbocycles. The smallest absolute Gasteiger partial charge is 0.242 e. The van der Waals surface area contributed by atoms with Crippen molar-refractivity contribution in [3.63, 3.8) is 0 Å². The number of carbonyl (C=O) groups is 1. The number of aliphatic hydroxyl groups is 1. The van der Waals surface area contributed by atoms with Crippen molar-refractivity contribution in [3.8, 4) is 0 Å². The average Bonchev–Trinajstić information content (AvgIpc) is 2.76. The Hall–Kier alpha value is -1.33. The second-order valence-electron chi connectivity index (χ2n) is 4.47. The topological polar surface area (TPSA) is 56.7 Å². The number of likely N-dealkylation sites (N-methyl/N-ethyl adjacent to an activating group) is 1. The molecule has 1 N–H and O–H groups in total. The molecule has 1 atom stereocenters. The number of pyridine rings is 1. The number of β-amino-alcohol motifs (C(OH)–C–C–N with tert-alkyl or cyclic N) is 1. The van der Waals surface area contributed by atoms with Crippen LogP contribution in [0.2, 0.25) is 5.02 Å². The van der Waals surface area contributed by atoms with Crippen molar-refractivity contribution in [2.24, 2.45) is 0 Å². The Morgan fingerprint density at radius 2 is 2.44 bits per heavy atom. The van der Waals surface area contributed by atoms with Gasteiger partial charge in [0.1, 0.15) is 5.82 Å². The van der Waals surface area contributed by atoms with Crippen molar-refractivity contribution in [3.05, 3.63) is 23.4 Å². The van der Waals surface area contributed by atoms with Crippen LogP contribution in [0.15, 0.2) is 18.3 Å². The van der Waals surface area contributed by atoms with Gasteiger partial charge >= 0.3 is 0 Å². The van der Waals surface area contributed by atoms with Crippen molar-refractivity contribution in [1.82, 2.24) is 9.88 Å². The van der Waals surface area contributed by atoms with Crippen LogP contribution in [0.4, 0.5) is 5.82 Å². The molecule has 0 unspecified atom stereocenters. The average molecular weight is 270 g/mol. The van der Waals surface area contributed by atoms with E-state index in [1.807, 2.05) is 0 Å². The Balaban J connectivity index is 1.92. The lowest BCUT2D eigenvalue weighted by atomic mass is 10.3. The first-order chi connectivity index (χ1) is 8.56. The SMILES string of the molecule is CN(CC(=O)N1CC[C@@H](O)C1)c1ccc(Cl)cn1. The normalized spacial score (nSPS) is 19.1. The molecule has 18 heavy (non-hydrogen) atoms. The molecule has 98 valence electrons. The highest BCUT2D eigenvalue weighted by Crippen LogP contribution is 2.14. The monoisotopic (exact) mass is 269 g/mol. The molecule has 2 heterocycles. The number of likely N-dealkylation sites (tertiary alicyclic amines) is 1. The number of nitrogens with zero attached hydrogens (tertiary/aromatic N) is 3. The van der Waals surface area contributed by atoms with Gasteiger partial charge in [0.05, 0.1) is 17.7 Å². The van der Waals surface area contributed by atoms with E-state index < -0.39 is 0 Å². The fourth-order valence-corrected chi connectivity index (χ4v) is 2.06. The van der Waals surface area contributed by atoms with Gasteiger partial charge in [-0.15, -0.1) is 0 Å². The van der Waals surface area contributed by atoms with Gasteiger partial charge in [0.25, 0.3) is 0 Å². The van der Waals surface area contributed by atoms with Crippen molar-refractivity contribution in [2.75, 3.05) is 31.6 Å². The molecule has 1 aliphatic rings. The summed E-state index contributed by atoms with van der Waals surface area (Å²) in [6.45, 7) is 1.31. The van der Waals surface area contributed by atoms with E-state index in [2.05, 4.69) is 4.98 Å². The van der Waals surface area contributed by atoms with Crippen LogP contribution in [0, 0.1) is 0 Å². The zero-order valence-corrected chi connectivity index (χ0v) is 11.0. The maximum Gasteiger partial charge on any atom is 0.242 e. The quantitative estimate of drug-likeness (QED) is 0.880. The van der Waals surface area contributed by atoms with Crippen LogP contribution in [0.25, 0.3) is 0 Å². The van der Waals surface area contributed by atoms with Gasteiger partial charge in [0, 0.05) is 26.3 Å². The third-order valence-electron chi connectivity index (χ3n) is 2.99. The summed E-state index contributed by atoms with van der Waals surface area (Å²) < 4.78 is 0. The lowest BCUT2D eigenvalue weighted by Gasteiger charge is -2.22. The van der Waals surface area contributed by atoms with Gasteiger partial charge in [0.2, 0.25) is 5.91 Å². The molecule has 0 radical (unpaired) electrons. The van der Waals surface area contributed by atoms with Gasteiger partial charge in [-0.05, 0) is 18.6 Å². The molecule has 1 fully saturated rings. The van der Waals surface area contributed by atoms with Crippen LogP contribution in [-0.2, 0) is 4.79 Å². The zero-order chi connectivity index (χ0) is 13.1. The van der Waals surface area contributed by atoms with Crippen LogP contribution in [0.1, 0.15) is 6.42 Å². The molecule has 1 amide bonds. The molecular formula is C12H16ClN3O2. The minimum atomic E-state index is -0.382. The number of rotatable bonds is 3. The lowest BCUT2D eigenvalue weighted by Crippen LogP contribution is -2.38. The molecule has 2 rings (SSSR count). The summed E-state index contributed by atoms with van der Waals surface area (Å²) in [6, 6.07) is 3.51. The highest BCUT2D eigenvalue weighted by Gasteiger charge is 2.25. The molecule has 1 aromatic rings. The summed E-state index contributed by atoms with van der Waals surface area (Å²) >= 11 is 5.76. The molecule has 0 bridgehead atoms. The molecule has 0 saturated carbocycles. The van der Waals surface area contributed by atoms with Gasteiger partial charge in [-0.1, -0.05) is 11.6 Å². The summed E-state index contributed by atoms with van der Waals surface area (Å²) in [6.07, 6.45) is 1.83. The first-order valence-electron chi connectivity index (χ1n) is 5.85. The van der Waals surface area contributed by atoms with E-state index in [9.17, 15) is 9.90 Å². The zero-order valence-electron chi connectivity index (χ0n) is 10.2. The molecule has 1 aliphatic heterocycles. The maximum atomic E-state index is 12.0. The Morgan fingerprint density at radius 3 is 3.00 bits per heavy atom. The number of carbonyl (C=O) groups excluding carboxylic acids is 1.